The predicted octanol–water partition coefficient (Wildman–Crippen LogP) is 3.31. The van der Waals surface area contributed by atoms with E-state index in [1.807, 2.05) is 0 Å². The molecule has 0 heterocycles. The standard InChI is InChI=1S/C19H17F6NO4/c20-18(21,22)12-4-6-15(7-5-12)30-10-14(27)9-26-17(29)16(28)11-2-1-3-13(8-11)19(23,24)25/h1-8,14,16,27-28H,9-10H2,(H,26,29). The van der Waals surface area contributed by atoms with Crippen LogP contribution in [0.1, 0.15) is 22.8 Å². The summed E-state index contributed by atoms with van der Waals surface area (Å²) in [6.07, 6.45) is -12.3. The van der Waals surface area contributed by atoms with Crippen LogP contribution in [0.3, 0.4) is 0 Å². The highest BCUT2D eigenvalue weighted by Crippen LogP contribution is 2.31. The Morgan fingerprint density at radius 2 is 1.53 bits per heavy atom. The van der Waals surface area contributed by atoms with Crippen molar-refractivity contribution in [2.24, 2.45) is 0 Å². The first kappa shape index (κ1) is 23.5. The van der Waals surface area contributed by atoms with Gasteiger partial charge < -0.3 is 20.3 Å². The number of aliphatic hydroxyl groups excluding tert-OH is 2. The van der Waals surface area contributed by atoms with Crippen LogP contribution < -0.4 is 10.1 Å². The van der Waals surface area contributed by atoms with E-state index >= 15 is 0 Å². The van der Waals surface area contributed by atoms with Crippen LogP contribution in [0, 0.1) is 0 Å². The van der Waals surface area contributed by atoms with Gasteiger partial charge in [-0.25, -0.2) is 0 Å². The van der Waals surface area contributed by atoms with E-state index < -0.39 is 48.1 Å². The minimum atomic E-state index is -4.64. The Balaban J connectivity index is 1.84. The molecule has 0 aliphatic carbocycles. The van der Waals surface area contributed by atoms with Gasteiger partial charge in [0, 0.05) is 6.54 Å². The number of benzene rings is 2. The summed E-state index contributed by atoms with van der Waals surface area (Å²) in [5.74, 6) is -0.986. The first-order valence-corrected chi connectivity index (χ1v) is 8.49. The lowest BCUT2D eigenvalue weighted by atomic mass is 10.1. The van der Waals surface area contributed by atoms with Gasteiger partial charge in [-0.2, -0.15) is 26.3 Å². The Bertz CT molecular complexity index is 851. The molecule has 0 saturated carbocycles. The Morgan fingerprint density at radius 1 is 0.933 bits per heavy atom. The Hall–Kier alpha value is -2.79. The van der Waals surface area contributed by atoms with Gasteiger partial charge >= 0.3 is 12.4 Å². The summed E-state index contributed by atoms with van der Waals surface area (Å²) in [6, 6.07) is 7.33. The van der Waals surface area contributed by atoms with E-state index in [2.05, 4.69) is 5.32 Å². The number of ether oxygens (including phenoxy) is 1. The van der Waals surface area contributed by atoms with Crippen LogP contribution >= 0.6 is 0 Å². The van der Waals surface area contributed by atoms with Gasteiger partial charge in [-0.3, -0.25) is 4.79 Å². The van der Waals surface area contributed by atoms with E-state index in [-0.39, 0.29) is 17.9 Å². The molecular formula is C19H17F6NO4. The van der Waals surface area contributed by atoms with E-state index in [0.717, 1.165) is 42.5 Å². The first-order chi connectivity index (χ1) is 13.9. The molecule has 3 N–H and O–H groups in total. The molecule has 0 radical (unpaired) electrons. The fourth-order valence-electron chi connectivity index (χ4n) is 2.34. The fourth-order valence-corrected chi connectivity index (χ4v) is 2.34. The molecule has 0 aliphatic heterocycles. The van der Waals surface area contributed by atoms with Crippen LogP contribution in [-0.2, 0) is 17.1 Å². The van der Waals surface area contributed by atoms with E-state index in [1.165, 1.54) is 0 Å². The van der Waals surface area contributed by atoms with E-state index in [0.29, 0.717) is 6.07 Å². The zero-order valence-electron chi connectivity index (χ0n) is 15.2. The lowest BCUT2D eigenvalue weighted by molar-refractivity contribution is -0.138. The average Bonchev–Trinajstić information content (AvgIpc) is 2.69. The molecule has 0 spiro atoms. The number of alkyl halides is 6. The maximum atomic E-state index is 12.7. The van der Waals surface area contributed by atoms with Gasteiger partial charge in [-0.15, -0.1) is 0 Å². The number of rotatable bonds is 7. The molecule has 2 aromatic rings. The summed E-state index contributed by atoms with van der Waals surface area (Å²) in [5.41, 5.74) is -2.18. The number of halogens is 6. The summed E-state index contributed by atoms with van der Waals surface area (Å²) in [6.45, 7) is -0.791. The maximum Gasteiger partial charge on any atom is 0.416 e. The van der Waals surface area contributed by atoms with Crippen LogP contribution in [0.25, 0.3) is 0 Å². The maximum absolute atomic E-state index is 12.7. The third-order valence-electron chi connectivity index (χ3n) is 3.91. The monoisotopic (exact) mass is 437 g/mol. The van der Waals surface area contributed by atoms with Gasteiger partial charge in [-0.1, -0.05) is 12.1 Å². The molecule has 1 amide bonds. The Kier molecular flexibility index (Phi) is 7.32. The highest BCUT2D eigenvalue weighted by atomic mass is 19.4. The Labute approximate surface area is 166 Å². The van der Waals surface area contributed by atoms with Crippen LogP contribution in [0.4, 0.5) is 26.3 Å². The summed E-state index contributed by atoms with van der Waals surface area (Å²) in [7, 11) is 0. The largest absolute Gasteiger partial charge is 0.491 e. The second-order valence-electron chi connectivity index (χ2n) is 6.26. The van der Waals surface area contributed by atoms with Crippen molar-refractivity contribution in [1.29, 1.82) is 0 Å². The van der Waals surface area contributed by atoms with Crippen molar-refractivity contribution in [2.75, 3.05) is 13.2 Å². The van der Waals surface area contributed by atoms with Crippen molar-refractivity contribution < 1.29 is 46.1 Å². The number of hydrogen-bond donors (Lipinski definition) is 3. The third-order valence-corrected chi connectivity index (χ3v) is 3.91. The minimum absolute atomic E-state index is 0.0531. The zero-order chi connectivity index (χ0) is 22.5. The summed E-state index contributed by atoms with van der Waals surface area (Å²) in [4.78, 5) is 11.9. The van der Waals surface area contributed by atoms with Gasteiger partial charge in [0.25, 0.3) is 5.91 Å². The first-order valence-electron chi connectivity index (χ1n) is 8.49. The molecule has 2 atom stereocenters. The van der Waals surface area contributed by atoms with E-state index in [1.54, 1.807) is 0 Å². The fraction of sp³-hybridized carbons (Fsp3) is 0.316. The molecule has 0 saturated heterocycles. The lowest BCUT2D eigenvalue weighted by Crippen LogP contribution is -2.37. The second kappa shape index (κ2) is 9.35. The summed E-state index contributed by atoms with van der Waals surface area (Å²) in [5, 5.41) is 21.9. The SMILES string of the molecule is O=C(NCC(O)COc1ccc(C(F)(F)F)cc1)C(O)c1cccc(C(F)(F)F)c1. The lowest BCUT2D eigenvalue weighted by Gasteiger charge is -2.16. The van der Waals surface area contributed by atoms with Gasteiger partial charge in [0.1, 0.15) is 18.5 Å². The highest BCUT2D eigenvalue weighted by molar-refractivity contribution is 5.81. The Morgan fingerprint density at radius 3 is 2.10 bits per heavy atom. The molecule has 5 nitrogen and oxygen atoms in total. The van der Waals surface area contributed by atoms with Crippen molar-refractivity contribution in [2.45, 2.75) is 24.6 Å². The smallest absolute Gasteiger partial charge is 0.416 e. The number of nitrogens with one attached hydrogen (secondary N) is 1. The molecule has 0 fully saturated rings. The van der Waals surface area contributed by atoms with Gasteiger partial charge in [-0.05, 0) is 42.0 Å². The van der Waals surface area contributed by atoms with Crippen LogP contribution in [0.15, 0.2) is 48.5 Å². The summed E-state index contributed by atoms with van der Waals surface area (Å²) < 4.78 is 80.7. The van der Waals surface area contributed by atoms with Gasteiger partial charge in [0.05, 0.1) is 11.1 Å². The number of amides is 1. The number of carbonyl (C=O) groups excluding carboxylic acids is 1. The molecule has 30 heavy (non-hydrogen) atoms. The third kappa shape index (κ3) is 6.63. The van der Waals surface area contributed by atoms with Crippen molar-refractivity contribution in [1.82, 2.24) is 5.32 Å². The number of aliphatic hydroxyl groups is 2. The average molecular weight is 437 g/mol. The number of hydrogen-bond acceptors (Lipinski definition) is 4. The minimum Gasteiger partial charge on any atom is -0.491 e. The molecule has 2 unspecified atom stereocenters. The predicted molar refractivity (Wildman–Crippen MR) is 92.4 cm³/mol. The molecule has 164 valence electrons. The summed E-state index contributed by atoms with van der Waals surface area (Å²) >= 11 is 0. The van der Waals surface area contributed by atoms with Gasteiger partial charge in [0.15, 0.2) is 6.10 Å². The van der Waals surface area contributed by atoms with E-state index in [9.17, 15) is 41.4 Å². The molecule has 2 rings (SSSR count). The molecule has 11 heteroatoms. The van der Waals surface area contributed by atoms with Crippen molar-refractivity contribution in [3.63, 3.8) is 0 Å². The van der Waals surface area contributed by atoms with Crippen LogP contribution in [0.5, 0.6) is 5.75 Å². The number of carbonyl (C=O) groups is 1. The highest BCUT2D eigenvalue weighted by Gasteiger charge is 2.32. The topological polar surface area (TPSA) is 78.8 Å². The molecular weight excluding hydrogens is 420 g/mol. The molecule has 0 bridgehead atoms. The van der Waals surface area contributed by atoms with Crippen LogP contribution in [0.2, 0.25) is 0 Å². The zero-order valence-corrected chi connectivity index (χ0v) is 15.2. The quantitative estimate of drug-likeness (QED) is 0.581. The van der Waals surface area contributed by atoms with Crippen molar-refractivity contribution in [3.05, 3.63) is 65.2 Å². The normalized spacial score (nSPS) is 14.1. The molecule has 0 aliphatic rings. The van der Waals surface area contributed by atoms with Crippen LogP contribution in [-0.4, -0.2) is 35.4 Å². The van der Waals surface area contributed by atoms with Crippen molar-refractivity contribution >= 4 is 5.91 Å². The molecule has 0 aromatic heterocycles. The van der Waals surface area contributed by atoms with Crippen molar-refractivity contribution in [3.8, 4) is 5.75 Å². The van der Waals surface area contributed by atoms with E-state index in [4.69, 9.17) is 4.74 Å². The second-order valence-corrected chi connectivity index (χ2v) is 6.26. The van der Waals surface area contributed by atoms with Gasteiger partial charge in [0.2, 0.25) is 0 Å². The molecule has 2 aromatic carbocycles.